The minimum absolute atomic E-state index is 0.290. The van der Waals surface area contributed by atoms with Gasteiger partial charge in [0.05, 0.1) is 11.5 Å². The molecule has 0 saturated carbocycles. The molecule has 5 rings (SSSR count). The van der Waals surface area contributed by atoms with Crippen LogP contribution in [0.2, 0.25) is 0 Å². The van der Waals surface area contributed by atoms with Crippen LogP contribution in [0.4, 0.5) is 5.82 Å². The van der Waals surface area contributed by atoms with Gasteiger partial charge >= 0.3 is 0 Å². The predicted molar refractivity (Wildman–Crippen MR) is 100 cm³/mol. The predicted octanol–water partition coefficient (Wildman–Crippen LogP) is 3.83. The highest BCUT2D eigenvalue weighted by atomic mass is 32.1. The van der Waals surface area contributed by atoms with Crippen molar-refractivity contribution in [1.29, 1.82) is 0 Å². The van der Waals surface area contributed by atoms with Crippen LogP contribution >= 0.6 is 11.3 Å². The summed E-state index contributed by atoms with van der Waals surface area (Å²) < 4.78 is 5.76. The van der Waals surface area contributed by atoms with Gasteiger partial charge in [0.2, 0.25) is 0 Å². The maximum Gasteiger partial charge on any atom is 0.164 e. The minimum atomic E-state index is 0.290. The van der Waals surface area contributed by atoms with Gasteiger partial charge in [0.25, 0.3) is 0 Å². The van der Waals surface area contributed by atoms with Crippen LogP contribution in [0.3, 0.4) is 0 Å². The minimum Gasteiger partial charge on any atom is -0.376 e. The molecule has 0 aromatic carbocycles. The van der Waals surface area contributed by atoms with Gasteiger partial charge in [-0.15, -0.1) is 11.3 Å². The van der Waals surface area contributed by atoms with Gasteiger partial charge in [-0.25, -0.2) is 9.97 Å². The quantitative estimate of drug-likeness (QED) is 0.773. The molecule has 1 unspecified atom stereocenters. The van der Waals surface area contributed by atoms with Gasteiger partial charge in [0.1, 0.15) is 10.6 Å². The second kappa shape index (κ2) is 6.35. The number of aromatic nitrogens is 3. The maximum absolute atomic E-state index is 5.76. The highest BCUT2D eigenvalue weighted by Gasteiger charge is 2.23. The Bertz CT molecular complexity index is 903. The molecule has 1 atom stereocenters. The summed E-state index contributed by atoms with van der Waals surface area (Å²) in [6.45, 7) is 1.68. The van der Waals surface area contributed by atoms with Crippen molar-refractivity contribution >= 4 is 27.4 Å². The normalized spacial score (nSPS) is 19.4. The molecule has 2 aliphatic rings. The summed E-state index contributed by atoms with van der Waals surface area (Å²) in [5.41, 5.74) is 2.41. The van der Waals surface area contributed by atoms with Crippen LogP contribution in [0.1, 0.15) is 29.7 Å². The number of fused-ring (bicyclic) bond motifs is 3. The number of rotatable bonds is 4. The van der Waals surface area contributed by atoms with Crippen molar-refractivity contribution < 1.29 is 4.74 Å². The molecule has 0 radical (unpaired) electrons. The van der Waals surface area contributed by atoms with Gasteiger partial charge in [0.15, 0.2) is 5.82 Å². The van der Waals surface area contributed by atoms with Crippen LogP contribution < -0.4 is 5.32 Å². The number of aryl methyl sites for hydroxylation is 2. The fourth-order valence-corrected chi connectivity index (χ4v) is 5.02. The fourth-order valence-electron chi connectivity index (χ4n) is 3.76. The molecule has 25 heavy (non-hydrogen) atoms. The Kier molecular flexibility index (Phi) is 3.87. The lowest BCUT2D eigenvalue weighted by Gasteiger charge is -2.13. The van der Waals surface area contributed by atoms with Crippen molar-refractivity contribution in [1.82, 2.24) is 15.0 Å². The van der Waals surface area contributed by atoms with Crippen LogP contribution in [0.15, 0.2) is 24.5 Å². The number of nitrogens with one attached hydrogen (secondary N) is 1. The van der Waals surface area contributed by atoms with Crippen molar-refractivity contribution in [2.45, 2.75) is 38.2 Å². The Morgan fingerprint density at radius 1 is 1.24 bits per heavy atom. The zero-order valence-corrected chi connectivity index (χ0v) is 14.8. The molecule has 0 amide bonds. The fraction of sp³-hybridized carbons (Fsp3) is 0.421. The van der Waals surface area contributed by atoms with Crippen molar-refractivity contribution in [3.63, 3.8) is 0 Å². The number of hydrogen-bond donors (Lipinski definition) is 1. The standard InChI is InChI=1S/C19H20N4OS/c1-6-14-15(7-1)25-19-16(14)18(21-11-13-5-3-9-24-13)22-17(23-19)12-4-2-8-20-10-12/h2,4,8,10,13H,1,3,5-7,9,11H2,(H,21,22,23). The first-order valence-electron chi connectivity index (χ1n) is 8.96. The highest BCUT2D eigenvalue weighted by Crippen LogP contribution is 2.40. The first-order valence-corrected chi connectivity index (χ1v) is 9.78. The zero-order chi connectivity index (χ0) is 16.6. The average molecular weight is 352 g/mol. The summed E-state index contributed by atoms with van der Waals surface area (Å²) in [6, 6.07) is 3.94. The van der Waals surface area contributed by atoms with E-state index in [-0.39, 0.29) is 0 Å². The molecule has 0 spiro atoms. The molecule has 1 N–H and O–H groups in total. The van der Waals surface area contributed by atoms with Crippen LogP contribution in [-0.4, -0.2) is 34.2 Å². The lowest BCUT2D eigenvalue weighted by atomic mass is 10.1. The van der Waals surface area contributed by atoms with Gasteiger partial charge in [0, 0.05) is 36.0 Å². The summed E-state index contributed by atoms with van der Waals surface area (Å²) in [5.74, 6) is 1.70. The third-order valence-electron chi connectivity index (χ3n) is 5.01. The van der Waals surface area contributed by atoms with Gasteiger partial charge < -0.3 is 10.1 Å². The Balaban J connectivity index is 1.58. The first kappa shape index (κ1) is 15.2. The number of pyridine rings is 1. The van der Waals surface area contributed by atoms with E-state index in [1.54, 1.807) is 6.20 Å². The van der Waals surface area contributed by atoms with E-state index in [1.807, 2.05) is 29.7 Å². The van der Waals surface area contributed by atoms with E-state index in [0.29, 0.717) is 6.10 Å². The molecule has 1 fully saturated rings. The summed E-state index contributed by atoms with van der Waals surface area (Å²) in [6.07, 6.45) is 9.72. The van der Waals surface area contributed by atoms with E-state index in [1.165, 1.54) is 28.7 Å². The van der Waals surface area contributed by atoms with Crippen LogP contribution in [0, 0.1) is 0 Å². The molecule has 0 bridgehead atoms. The zero-order valence-electron chi connectivity index (χ0n) is 14.0. The molecule has 3 aromatic heterocycles. The molecule has 1 aliphatic heterocycles. The van der Waals surface area contributed by atoms with E-state index in [4.69, 9.17) is 14.7 Å². The number of anilines is 1. The maximum atomic E-state index is 5.76. The molecular weight excluding hydrogens is 332 g/mol. The Labute approximate surface area is 150 Å². The smallest absolute Gasteiger partial charge is 0.164 e. The van der Waals surface area contributed by atoms with Crippen LogP contribution in [0.25, 0.3) is 21.6 Å². The number of thiophene rings is 1. The largest absolute Gasteiger partial charge is 0.376 e. The van der Waals surface area contributed by atoms with E-state index in [2.05, 4.69) is 10.3 Å². The van der Waals surface area contributed by atoms with Crippen molar-refractivity contribution in [3.8, 4) is 11.4 Å². The molecule has 4 heterocycles. The van der Waals surface area contributed by atoms with Gasteiger partial charge in [-0.3, -0.25) is 4.98 Å². The molecule has 6 heteroatoms. The van der Waals surface area contributed by atoms with E-state index in [9.17, 15) is 0 Å². The second-order valence-corrected chi connectivity index (χ2v) is 7.77. The number of ether oxygens (including phenoxy) is 1. The third kappa shape index (κ3) is 2.79. The van der Waals surface area contributed by atoms with Crippen molar-refractivity contribution in [2.75, 3.05) is 18.5 Å². The van der Waals surface area contributed by atoms with E-state index in [0.717, 1.165) is 54.5 Å². The van der Waals surface area contributed by atoms with Crippen LogP contribution in [0.5, 0.6) is 0 Å². The Morgan fingerprint density at radius 2 is 2.24 bits per heavy atom. The SMILES string of the molecule is c1cncc(-c2nc(NCC3CCCO3)c3c4c(sc3n2)CCC4)c1. The Morgan fingerprint density at radius 3 is 3.08 bits per heavy atom. The molecular formula is C19H20N4OS. The van der Waals surface area contributed by atoms with E-state index < -0.39 is 0 Å². The van der Waals surface area contributed by atoms with Gasteiger partial charge in [-0.2, -0.15) is 0 Å². The summed E-state index contributed by atoms with van der Waals surface area (Å²) in [5, 5.41) is 4.79. The first-order chi connectivity index (χ1) is 12.4. The lowest BCUT2D eigenvalue weighted by Crippen LogP contribution is -2.19. The average Bonchev–Trinajstić information content (AvgIpc) is 3.37. The molecule has 128 valence electrons. The molecule has 5 nitrogen and oxygen atoms in total. The molecule has 1 aliphatic carbocycles. The Hall–Kier alpha value is -2.05. The lowest BCUT2D eigenvalue weighted by molar-refractivity contribution is 0.120. The van der Waals surface area contributed by atoms with Gasteiger partial charge in [-0.1, -0.05) is 0 Å². The monoisotopic (exact) mass is 352 g/mol. The van der Waals surface area contributed by atoms with Crippen molar-refractivity contribution in [2.24, 2.45) is 0 Å². The van der Waals surface area contributed by atoms with E-state index >= 15 is 0 Å². The van der Waals surface area contributed by atoms with Gasteiger partial charge in [-0.05, 0) is 49.8 Å². The second-order valence-electron chi connectivity index (χ2n) is 6.69. The summed E-state index contributed by atoms with van der Waals surface area (Å²) in [7, 11) is 0. The summed E-state index contributed by atoms with van der Waals surface area (Å²) in [4.78, 5) is 16.5. The van der Waals surface area contributed by atoms with Crippen LogP contribution in [-0.2, 0) is 17.6 Å². The molecule has 3 aromatic rings. The molecule has 1 saturated heterocycles. The number of nitrogens with zero attached hydrogens (tertiary/aromatic N) is 3. The number of hydrogen-bond acceptors (Lipinski definition) is 6. The van der Waals surface area contributed by atoms with Crippen molar-refractivity contribution in [3.05, 3.63) is 35.0 Å². The topological polar surface area (TPSA) is 59.9 Å². The highest BCUT2D eigenvalue weighted by molar-refractivity contribution is 7.19. The third-order valence-corrected chi connectivity index (χ3v) is 6.19. The summed E-state index contributed by atoms with van der Waals surface area (Å²) >= 11 is 1.82.